The molecule has 0 saturated heterocycles. The molecule has 1 saturated carbocycles. The fourth-order valence-corrected chi connectivity index (χ4v) is 5.07. The minimum atomic E-state index is -0.617. The van der Waals surface area contributed by atoms with Crippen molar-refractivity contribution in [3.05, 3.63) is 59.7 Å². The van der Waals surface area contributed by atoms with Crippen LogP contribution in [0.25, 0.3) is 0 Å². The van der Waals surface area contributed by atoms with E-state index in [0.29, 0.717) is 0 Å². The maximum Gasteiger partial charge on any atom is 0.162 e. The minimum Gasteiger partial charge on any atom is -0.372 e. The molecule has 0 aliphatic heterocycles. The number of benzene rings is 2. The van der Waals surface area contributed by atoms with Crippen molar-refractivity contribution in [3.63, 3.8) is 0 Å². The van der Waals surface area contributed by atoms with Crippen molar-refractivity contribution in [3.8, 4) is 0 Å². The van der Waals surface area contributed by atoms with Crippen LogP contribution in [0.2, 0.25) is 0 Å². The summed E-state index contributed by atoms with van der Waals surface area (Å²) in [7, 11) is 0. The second-order valence-electron chi connectivity index (χ2n) is 10.2. The number of unbranched alkanes of at least 4 members (excludes halogenated alkanes) is 4. The molecule has 1 aliphatic rings. The largest absolute Gasteiger partial charge is 0.372 e. The summed E-state index contributed by atoms with van der Waals surface area (Å²) in [5.41, 5.74) is 4.03. The Kier molecular flexibility index (Phi) is 11.0. The summed E-state index contributed by atoms with van der Waals surface area (Å²) >= 11 is 0. The highest BCUT2D eigenvalue weighted by atomic mass is 16.2. The Balaban J connectivity index is 1.67. The third kappa shape index (κ3) is 6.78. The highest BCUT2D eigenvalue weighted by molar-refractivity contribution is 6.31. The van der Waals surface area contributed by atoms with Gasteiger partial charge in [0, 0.05) is 37.6 Å². The third-order valence-electron chi connectivity index (χ3n) is 7.45. The van der Waals surface area contributed by atoms with Gasteiger partial charge in [-0.15, -0.1) is 0 Å². The van der Waals surface area contributed by atoms with E-state index in [4.69, 9.17) is 0 Å². The first-order valence-electron chi connectivity index (χ1n) is 14.3. The van der Waals surface area contributed by atoms with E-state index in [2.05, 4.69) is 61.8 Å². The SMILES string of the molecule is CCCCN(CCCC)c1ccc(C2C(=O)C(c3ccc(N(CCCC)CCCC)cc3)C2=O)cc1. The van der Waals surface area contributed by atoms with E-state index < -0.39 is 11.8 Å². The van der Waals surface area contributed by atoms with Crippen LogP contribution in [0.3, 0.4) is 0 Å². The summed E-state index contributed by atoms with van der Waals surface area (Å²) in [6.07, 6.45) is 9.35. The summed E-state index contributed by atoms with van der Waals surface area (Å²) in [5, 5.41) is 0. The lowest BCUT2D eigenvalue weighted by atomic mass is 9.66. The molecule has 0 radical (unpaired) electrons. The fraction of sp³-hybridized carbons (Fsp3) is 0.562. The monoisotopic (exact) mass is 490 g/mol. The molecular weight excluding hydrogens is 444 g/mol. The molecule has 0 spiro atoms. The Labute approximate surface area is 219 Å². The molecule has 2 aromatic rings. The van der Waals surface area contributed by atoms with E-state index in [1.54, 1.807) is 0 Å². The molecular formula is C32H46N2O2. The van der Waals surface area contributed by atoms with Crippen LogP contribution in [0.15, 0.2) is 48.5 Å². The molecule has 3 rings (SSSR count). The van der Waals surface area contributed by atoms with Crippen LogP contribution in [-0.2, 0) is 9.59 Å². The molecule has 4 heteroatoms. The van der Waals surface area contributed by atoms with Crippen LogP contribution in [0, 0.1) is 0 Å². The maximum absolute atomic E-state index is 13.1. The van der Waals surface area contributed by atoms with Gasteiger partial charge in [0.25, 0.3) is 0 Å². The number of Topliss-reactive ketones (excluding diaryl/α,β-unsaturated/α-hetero) is 2. The summed E-state index contributed by atoms with van der Waals surface area (Å²) in [6, 6.07) is 16.3. The predicted molar refractivity (Wildman–Crippen MR) is 152 cm³/mol. The number of anilines is 2. The molecule has 36 heavy (non-hydrogen) atoms. The van der Waals surface area contributed by atoms with Crippen molar-refractivity contribution in [1.82, 2.24) is 0 Å². The van der Waals surface area contributed by atoms with Crippen molar-refractivity contribution in [1.29, 1.82) is 0 Å². The zero-order valence-electron chi connectivity index (χ0n) is 23.0. The van der Waals surface area contributed by atoms with Gasteiger partial charge < -0.3 is 9.80 Å². The molecule has 0 heterocycles. The molecule has 0 unspecified atom stereocenters. The first-order chi connectivity index (χ1) is 17.5. The van der Waals surface area contributed by atoms with Crippen LogP contribution >= 0.6 is 0 Å². The average molecular weight is 491 g/mol. The summed E-state index contributed by atoms with van der Waals surface area (Å²) in [5.74, 6) is -1.17. The molecule has 1 aliphatic carbocycles. The van der Waals surface area contributed by atoms with Crippen LogP contribution in [-0.4, -0.2) is 37.7 Å². The number of rotatable bonds is 16. The molecule has 0 atom stereocenters. The van der Waals surface area contributed by atoms with Gasteiger partial charge in [0.2, 0.25) is 0 Å². The number of carbonyl (C=O) groups excluding carboxylic acids is 2. The Morgan fingerprint density at radius 1 is 0.500 bits per heavy atom. The lowest BCUT2D eigenvalue weighted by Gasteiger charge is -2.33. The topological polar surface area (TPSA) is 40.6 Å². The van der Waals surface area contributed by atoms with E-state index in [9.17, 15) is 9.59 Å². The summed E-state index contributed by atoms with van der Waals surface area (Å²) < 4.78 is 0. The van der Waals surface area contributed by atoms with E-state index in [-0.39, 0.29) is 11.6 Å². The molecule has 1 fully saturated rings. The number of hydrogen-bond acceptors (Lipinski definition) is 4. The van der Waals surface area contributed by atoms with Gasteiger partial charge in [-0.05, 0) is 61.1 Å². The highest BCUT2D eigenvalue weighted by Crippen LogP contribution is 2.41. The highest BCUT2D eigenvalue weighted by Gasteiger charge is 2.50. The van der Waals surface area contributed by atoms with Crippen LogP contribution < -0.4 is 9.80 Å². The zero-order valence-corrected chi connectivity index (χ0v) is 23.0. The van der Waals surface area contributed by atoms with Crippen LogP contribution in [0.4, 0.5) is 11.4 Å². The van der Waals surface area contributed by atoms with Gasteiger partial charge in [-0.25, -0.2) is 0 Å². The minimum absolute atomic E-state index is 0.0307. The van der Waals surface area contributed by atoms with Crippen LogP contribution in [0.1, 0.15) is 102 Å². The maximum atomic E-state index is 13.1. The molecule has 0 N–H and O–H groups in total. The Morgan fingerprint density at radius 2 is 0.778 bits per heavy atom. The van der Waals surface area contributed by atoms with Crippen molar-refractivity contribution in [2.45, 2.75) is 90.9 Å². The third-order valence-corrected chi connectivity index (χ3v) is 7.45. The van der Waals surface area contributed by atoms with Gasteiger partial charge in [-0.3, -0.25) is 9.59 Å². The van der Waals surface area contributed by atoms with Gasteiger partial charge in [0.05, 0.1) is 0 Å². The molecule has 196 valence electrons. The quantitative estimate of drug-likeness (QED) is 0.228. The fourth-order valence-electron chi connectivity index (χ4n) is 5.07. The summed E-state index contributed by atoms with van der Waals surface area (Å²) in [4.78, 5) is 31.1. The lowest BCUT2D eigenvalue weighted by Crippen LogP contribution is -2.44. The Morgan fingerprint density at radius 3 is 1.03 bits per heavy atom. The van der Waals surface area contributed by atoms with Gasteiger partial charge >= 0.3 is 0 Å². The first kappa shape index (κ1) is 28.0. The smallest absolute Gasteiger partial charge is 0.162 e. The first-order valence-corrected chi connectivity index (χ1v) is 14.3. The van der Waals surface area contributed by atoms with Crippen molar-refractivity contribution in [2.75, 3.05) is 36.0 Å². The van der Waals surface area contributed by atoms with Gasteiger partial charge in [0.15, 0.2) is 11.6 Å². The second-order valence-corrected chi connectivity index (χ2v) is 10.2. The standard InChI is InChI=1S/C32H46N2O2/c1-5-9-21-33(22-10-6-2)27-17-13-25(14-18-27)29-31(35)30(32(29)36)26-15-19-28(20-16-26)34(23-11-7-3)24-12-8-4/h13-20,29-30H,5-12,21-24H2,1-4H3. The average Bonchev–Trinajstić information content (AvgIpc) is 2.90. The van der Waals surface area contributed by atoms with Crippen molar-refractivity contribution in [2.24, 2.45) is 0 Å². The van der Waals surface area contributed by atoms with Crippen molar-refractivity contribution >= 4 is 22.9 Å². The number of carbonyl (C=O) groups is 2. The van der Waals surface area contributed by atoms with Crippen molar-refractivity contribution < 1.29 is 9.59 Å². The number of hydrogen-bond donors (Lipinski definition) is 0. The van der Waals surface area contributed by atoms with Gasteiger partial charge in [0.1, 0.15) is 11.8 Å². The molecule has 0 bridgehead atoms. The number of ketones is 2. The van der Waals surface area contributed by atoms with Gasteiger partial charge in [-0.2, -0.15) is 0 Å². The zero-order chi connectivity index (χ0) is 25.9. The molecule has 4 nitrogen and oxygen atoms in total. The normalized spacial score (nSPS) is 17.2. The van der Waals surface area contributed by atoms with E-state index in [1.165, 1.54) is 62.7 Å². The van der Waals surface area contributed by atoms with E-state index in [0.717, 1.165) is 37.3 Å². The van der Waals surface area contributed by atoms with Crippen LogP contribution in [0.5, 0.6) is 0 Å². The Hall–Kier alpha value is -2.62. The predicted octanol–water partition coefficient (Wildman–Crippen LogP) is 7.52. The number of nitrogens with zero attached hydrogens (tertiary/aromatic N) is 2. The van der Waals surface area contributed by atoms with E-state index >= 15 is 0 Å². The Bertz CT molecular complexity index is 844. The molecule has 0 amide bonds. The molecule has 2 aromatic carbocycles. The second kappa shape index (κ2) is 14.2. The van der Waals surface area contributed by atoms with Gasteiger partial charge in [-0.1, -0.05) is 77.6 Å². The lowest BCUT2D eigenvalue weighted by molar-refractivity contribution is -0.142. The van der Waals surface area contributed by atoms with E-state index in [1.807, 2.05) is 24.3 Å². The summed E-state index contributed by atoms with van der Waals surface area (Å²) in [6.45, 7) is 13.0. The molecule has 0 aromatic heterocycles.